The van der Waals surface area contributed by atoms with E-state index >= 15 is 0 Å². The summed E-state index contributed by atoms with van der Waals surface area (Å²) in [6, 6.07) is 9.15. The van der Waals surface area contributed by atoms with E-state index in [1.807, 2.05) is 32.0 Å². The fraction of sp³-hybridized carbons (Fsp3) is 0.133. The molecule has 1 amide bonds. The van der Waals surface area contributed by atoms with E-state index in [4.69, 9.17) is 12.2 Å². The van der Waals surface area contributed by atoms with E-state index in [9.17, 15) is 4.79 Å². The summed E-state index contributed by atoms with van der Waals surface area (Å²) in [5.74, 6) is -0.227. The fourth-order valence-electron chi connectivity index (χ4n) is 1.66. The molecule has 5 heteroatoms. The number of aromatic nitrogens is 1. The van der Waals surface area contributed by atoms with E-state index < -0.39 is 0 Å². The Labute approximate surface area is 123 Å². The number of hydrogen-bond donors (Lipinski definition) is 2. The van der Waals surface area contributed by atoms with Crippen molar-refractivity contribution in [1.29, 1.82) is 0 Å². The topological polar surface area (TPSA) is 54.0 Å². The summed E-state index contributed by atoms with van der Waals surface area (Å²) in [5, 5.41) is 5.80. The van der Waals surface area contributed by atoms with Crippen molar-refractivity contribution in [1.82, 2.24) is 10.3 Å². The average molecular weight is 285 g/mol. The van der Waals surface area contributed by atoms with Crippen LogP contribution in [-0.4, -0.2) is 16.0 Å². The van der Waals surface area contributed by atoms with Crippen molar-refractivity contribution >= 4 is 28.9 Å². The standard InChI is InChI=1S/C15H15N3OS/c1-10-5-6-12(8-11(10)2)14(19)18-15(20)17-13-4-3-7-16-9-13/h3-9H,1-2H3,(H2,17,18,19,20). The predicted molar refractivity (Wildman–Crippen MR) is 83.8 cm³/mol. The van der Waals surface area contributed by atoms with Crippen molar-refractivity contribution < 1.29 is 4.79 Å². The molecule has 0 spiro atoms. The van der Waals surface area contributed by atoms with Crippen LogP contribution in [0, 0.1) is 13.8 Å². The summed E-state index contributed by atoms with van der Waals surface area (Å²) < 4.78 is 0. The van der Waals surface area contributed by atoms with Crippen LogP contribution in [0.1, 0.15) is 21.5 Å². The summed E-state index contributed by atoms with van der Waals surface area (Å²) >= 11 is 5.10. The van der Waals surface area contributed by atoms with Crippen LogP contribution in [0.25, 0.3) is 0 Å². The van der Waals surface area contributed by atoms with Crippen LogP contribution in [0.4, 0.5) is 5.69 Å². The lowest BCUT2D eigenvalue weighted by atomic mass is 10.1. The van der Waals surface area contributed by atoms with E-state index in [1.165, 1.54) is 0 Å². The highest BCUT2D eigenvalue weighted by atomic mass is 32.1. The lowest BCUT2D eigenvalue weighted by Gasteiger charge is -2.10. The van der Waals surface area contributed by atoms with Gasteiger partial charge in [-0.25, -0.2) is 0 Å². The zero-order valence-corrected chi connectivity index (χ0v) is 12.1. The molecule has 0 aliphatic rings. The van der Waals surface area contributed by atoms with E-state index in [2.05, 4.69) is 15.6 Å². The van der Waals surface area contributed by atoms with Gasteiger partial charge in [0, 0.05) is 11.8 Å². The third-order valence-electron chi connectivity index (χ3n) is 2.92. The Hall–Kier alpha value is -2.27. The number of nitrogens with zero attached hydrogens (tertiary/aromatic N) is 1. The Bertz CT molecular complexity index is 641. The lowest BCUT2D eigenvalue weighted by Crippen LogP contribution is -2.34. The molecule has 0 fully saturated rings. The number of benzene rings is 1. The smallest absolute Gasteiger partial charge is 0.257 e. The third-order valence-corrected chi connectivity index (χ3v) is 3.12. The normalized spacial score (nSPS) is 9.90. The molecule has 2 N–H and O–H groups in total. The molecule has 0 unspecified atom stereocenters. The monoisotopic (exact) mass is 285 g/mol. The van der Waals surface area contributed by atoms with Gasteiger partial charge in [-0.3, -0.25) is 15.1 Å². The van der Waals surface area contributed by atoms with Crippen molar-refractivity contribution in [3.8, 4) is 0 Å². The van der Waals surface area contributed by atoms with Gasteiger partial charge in [0.15, 0.2) is 5.11 Å². The summed E-state index contributed by atoms with van der Waals surface area (Å²) in [7, 11) is 0. The highest BCUT2D eigenvalue weighted by molar-refractivity contribution is 7.80. The fourth-order valence-corrected chi connectivity index (χ4v) is 1.87. The summed E-state index contributed by atoms with van der Waals surface area (Å²) in [4.78, 5) is 16.0. The molecular weight excluding hydrogens is 270 g/mol. The zero-order valence-electron chi connectivity index (χ0n) is 11.3. The average Bonchev–Trinajstić information content (AvgIpc) is 2.42. The molecule has 1 aromatic heterocycles. The van der Waals surface area contributed by atoms with Crippen LogP contribution in [0.15, 0.2) is 42.7 Å². The van der Waals surface area contributed by atoms with Crippen molar-refractivity contribution in [2.45, 2.75) is 13.8 Å². The number of pyridine rings is 1. The molecule has 102 valence electrons. The Morgan fingerprint density at radius 3 is 2.65 bits per heavy atom. The number of carbonyl (C=O) groups is 1. The van der Waals surface area contributed by atoms with E-state index in [-0.39, 0.29) is 11.0 Å². The number of amides is 1. The molecule has 0 aliphatic carbocycles. The minimum absolute atomic E-state index is 0.227. The molecule has 2 rings (SSSR count). The minimum atomic E-state index is -0.227. The molecule has 1 heterocycles. The maximum atomic E-state index is 12.1. The Morgan fingerprint density at radius 2 is 2.00 bits per heavy atom. The number of aryl methyl sites for hydroxylation is 2. The van der Waals surface area contributed by atoms with Gasteiger partial charge in [0.05, 0.1) is 11.9 Å². The molecule has 0 aliphatic heterocycles. The number of hydrogen-bond acceptors (Lipinski definition) is 3. The second-order valence-corrected chi connectivity index (χ2v) is 4.86. The summed E-state index contributed by atoms with van der Waals surface area (Å²) in [6.45, 7) is 3.98. The van der Waals surface area contributed by atoms with Gasteiger partial charge in [-0.05, 0) is 61.5 Å². The number of thiocarbonyl (C=S) groups is 1. The van der Waals surface area contributed by atoms with Crippen LogP contribution in [0.2, 0.25) is 0 Å². The molecule has 0 saturated heterocycles. The Balaban J connectivity index is 2.00. The molecule has 1 aromatic carbocycles. The predicted octanol–water partition coefficient (Wildman–Crippen LogP) is 2.83. The van der Waals surface area contributed by atoms with Gasteiger partial charge in [0.2, 0.25) is 0 Å². The van der Waals surface area contributed by atoms with Crippen LogP contribution in [0.5, 0.6) is 0 Å². The van der Waals surface area contributed by atoms with Crippen LogP contribution in [0.3, 0.4) is 0 Å². The molecule has 20 heavy (non-hydrogen) atoms. The second-order valence-electron chi connectivity index (χ2n) is 4.45. The quantitative estimate of drug-likeness (QED) is 0.833. The van der Waals surface area contributed by atoms with Crippen LogP contribution in [-0.2, 0) is 0 Å². The Kier molecular flexibility index (Phi) is 4.42. The highest BCUT2D eigenvalue weighted by Crippen LogP contribution is 2.10. The Morgan fingerprint density at radius 1 is 1.20 bits per heavy atom. The summed E-state index contributed by atoms with van der Waals surface area (Å²) in [5.41, 5.74) is 3.54. The first-order valence-corrected chi connectivity index (χ1v) is 6.56. The maximum Gasteiger partial charge on any atom is 0.257 e. The van der Waals surface area contributed by atoms with E-state index in [0.29, 0.717) is 5.56 Å². The molecule has 2 aromatic rings. The van der Waals surface area contributed by atoms with Crippen molar-refractivity contribution in [2.24, 2.45) is 0 Å². The van der Waals surface area contributed by atoms with Gasteiger partial charge >= 0.3 is 0 Å². The van der Waals surface area contributed by atoms with Gasteiger partial charge < -0.3 is 5.32 Å². The first kappa shape index (κ1) is 14.1. The molecule has 0 radical (unpaired) electrons. The van der Waals surface area contributed by atoms with E-state index in [0.717, 1.165) is 16.8 Å². The van der Waals surface area contributed by atoms with Crippen LogP contribution >= 0.6 is 12.2 Å². The van der Waals surface area contributed by atoms with Gasteiger partial charge in [-0.1, -0.05) is 6.07 Å². The first-order valence-electron chi connectivity index (χ1n) is 6.16. The number of anilines is 1. The largest absolute Gasteiger partial charge is 0.331 e. The lowest BCUT2D eigenvalue weighted by molar-refractivity contribution is 0.0977. The van der Waals surface area contributed by atoms with Gasteiger partial charge in [-0.2, -0.15) is 0 Å². The van der Waals surface area contributed by atoms with Gasteiger partial charge in [0.25, 0.3) is 5.91 Å². The zero-order chi connectivity index (χ0) is 14.5. The molecule has 0 atom stereocenters. The highest BCUT2D eigenvalue weighted by Gasteiger charge is 2.08. The van der Waals surface area contributed by atoms with E-state index in [1.54, 1.807) is 24.5 Å². The second kappa shape index (κ2) is 6.25. The molecule has 0 bridgehead atoms. The molecular formula is C15H15N3OS. The maximum absolute atomic E-state index is 12.1. The number of carbonyl (C=O) groups excluding carboxylic acids is 1. The minimum Gasteiger partial charge on any atom is -0.331 e. The SMILES string of the molecule is Cc1ccc(C(=O)NC(=S)Nc2cccnc2)cc1C. The van der Waals surface area contributed by atoms with Crippen LogP contribution < -0.4 is 10.6 Å². The summed E-state index contributed by atoms with van der Waals surface area (Å²) in [6.07, 6.45) is 3.30. The van der Waals surface area contributed by atoms with Gasteiger partial charge in [0.1, 0.15) is 0 Å². The molecule has 0 saturated carbocycles. The third kappa shape index (κ3) is 3.61. The van der Waals surface area contributed by atoms with Gasteiger partial charge in [-0.15, -0.1) is 0 Å². The number of rotatable bonds is 2. The molecule has 4 nitrogen and oxygen atoms in total. The van der Waals surface area contributed by atoms with Crippen molar-refractivity contribution in [2.75, 3.05) is 5.32 Å². The first-order chi connectivity index (χ1) is 9.56. The van der Waals surface area contributed by atoms with Crippen molar-refractivity contribution in [3.63, 3.8) is 0 Å². The number of nitrogens with one attached hydrogen (secondary N) is 2. The van der Waals surface area contributed by atoms with Crippen molar-refractivity contribution in [3.05, 3.63) is 59.4 Å².